The van der Waals surface area contributed by atoms with Crippen molar-refractivity contribution in [3.05, 3.63) is 35.1 Å². The van der Waals surface area contributed by atoms with Gasteiger partial charge in [-0.2, -0.15) is 0 Å². The standard InChI is InChI=1S/C17H18FN3O4S/c1-9-5-10(6-12(18)13(9)25-16-20-3-4-26-16)21-15(23)17(14(19)22)7-11(8-17)24-2/h3-6,11H,7-8H2,1-2H3,(H2,19,22)(H,21,23). The van der Waals surface area contributed by atoms with E-state index in [9.17, 15) is 14.0 Å². The number of nitrogens with one attached hydrogen (secondary N) is 1. The highest BCUT2D eigenvalue weighted by Crippen LogP contribution is 2.43. The monoisotopic (exact) mass is 379 g/mol. The summed E-state index contributed by atoms with van der Waals surface area (Å²) < 4.78 is 25.0. The third kappa shape index (κ3) is 3.27. The maximum absolute atomic E-state index is 14.4. The molecule has 0 atom stereocenters. The molecule has 1 saturated carbocycles. The van der Waals surface area contributed by atoms with Crippen molar-refractivity contribution >= 4 is 28.8 Å². The number of nitrogens with two attached hydrogens (primary N) is 1. The Balaban J connectivity index is 1.78. The molecule has 0 aliphatic heterocycles. The number of aryl methyl sites for hydroxylation is 1. The molecule has 3 N–H and O–H groups in total. The van der Waals surface area contributed by atoms with Gasteiger partial charge < -0.3 is 20.5 Å². The Labute approximate surface area is 153 Å². The predicted molar refractivity (Wildman–Crippen MR) is 93.6 cm³/mol. The van der Waals surface area contributed by atoms with Crippen LogP contribution < -0.4 is 15.8 Å². The molecule has 1 heterocycles. The fraction of sp³-hybridized carbons (Fsp3) is 0.353. The second-order valence-electron chi connectivity index (χ2n) is 6.17. The molecule has 1 aromatic heterocycles. The minimum absolute atomic E-state index is 0.0330. The second-order valence-corrected chi connectivity index (χ2v) is 7.03. The van der Waals surface area contributed by atoms with Crippen molar-refractivity contribution in [3.8, 4) is 10.9 Å². The van der Waals surface area contributed by atoms with Gasteiger partial charge in [0.2, 0.25) is 11.8 Å². The maximum atomic E-state index is 14.4. The Morgan fingerprint density at radius 1 is 1.42 bits per heavy atom. The Bertz CT molecular complexity index is 812. The van der Waals surface area contributed by atoms with Crippen LogP contribution in [0.15, 0.2) is 23.7 Å². The van der Waals surface area contributed by atoms with Crippen LogP contribution in [0.25, 0.3) is 0 Å². The summed E-state index contributed by atoms with van der Waals surface area (Å²) in [5.74, 6) is -1.90. The quantitative estimate of drug-likeness (QED) is 0.751. The van der Waals surface area contributed by atoms with E-state index in [2.05, 4.69) is 10.3 Å². The first-order chi connectivity index (χ1) is 12.4. The van der Waals surface area contributed by atoms with E-state index in [1.165, 1.54) is 18.4 Å². The molecule has 3 rings (SSSR count). The van der Waals surface area contributed by atoms with Gasteiger partial charge in [0.15, 0.2) is 11.6 Å². The lowest BCUT2D eigenvalue weighted by Gasteiger charge is -2.42. The van der Waals surface area contributed by atoms with Crippen molar-refractivity contribution in [2.75, 3.05) is 12.4 Å². The Morgan fingerprint density at radius 3 is 2.69 bits per heavy atom. The smallest absolute Gasteiger partial charge is 0.278 e. The van der Waals surface area contributed by atoms with E-state index in [-0.39, 0.29) is 30.4 Å². The zero-order chi connectivity index (χ0) is 18.9. The molecular formula is C17H18FN3O4S. The van der Waals surface area contributed by atoms with Gasteiger partial charge in [0.25, 0.3) is 5.19 Å². The molecule has 2 aromatic rings. The van der Waals surface area contributed by atoms with Crippen LogP contribution in [0.4, 0.5) is 10.1 Å². The van der Waals surface area contributed by atoms with Gasteiger partial charge >= 0.3 is 0 Å². The Hall–Kier alpha value is -2.52. The molecule has 1 aliphatic carbocycles. The highest BCUT2D eigenvalue weighted by Gasteiger charge is 2.55. The van der Waals surface area contributed by atoms with Crippen molar-refractivity contribution in [1.82, 2.24) is 4.98 Å². The fourth-order valence-electron chi connectivity index (χ4n) is 2.91. The first kappa shape index (κ1) is 18.3. The van der Waals surface area contributed by atoms with Crippen LogP contribution in [-0.2, 0) is 14.3 Å². The van der Waals surface area contributed by atoms with Gasteiger partial charge in [-0.15, -0.1) is 0 Å². The largest absolute Gasteiger partial charge is 0.427 e. The molecule has 7 nitrogen and oxygen atoms in total. The number of benzene rings is 1. The SMILES string of the molecule is COC1CC(C(N)=O)(C(=O)Nc2cc(C)c(Oc3nccs3)c(F)c2)C1. The topological polar surface area (TPSA) is 104 Å². The molecule has 1 aromatic carbocycles. The summed E-state index contributed by atoms with van der Waals surface area (Å²) in [6.45, 7) is 1.65. The van der Waals surface area contributed by atoms with Crippen LogP contribution >= 0.6 is 11.3 Å². The number of amides is 2. The summed E-state index contributed by atoms with van der Waals surface area (Å²) in [5, 5.41) is 4.61. The van der Waals surface area contributed by atoms with Gasteiger partial charge in [0.05, 0.1) is 6.10 Å². The predicted octanol–water partition coefficient (Wildman–Crippen LogP) is 2.60. The van der Waals surface area contributed by atoms with E-state index in [0.717, 1.165) is 6.07 Å². The van der Waals surface area contributed by atoms with Crippen LogP contribution in [0.2, 0.25) is 0 Å². The average molecular weight is 379 g/mol. The summed E-state index contributed by atoms with van der Waals surface area (Å²) in [6.07, 6.45) is 1.77. The van der Waals surface area contributed by atoms with E-state index in [4.69, 9.17) is 15.2 Å². The highest BCUT2D eigenvalue weighted by molar-refractivity contribution is 7.11. The number of methoxy groups -OCH3 is 1. The minimum atomic E-state index is -1.33. The van der Waals surface area contributed by atoms with Crippen molar-refractivity contribution in [2.45, 2.75) is 25.9 Å². The third-order valence-electron chi connectivity index (χ3n) is 4.48. The van der Waals surface area contributed by atoms with E-state index < -0.39 is 23.0 Å². The van der Waals surface area contributed by atoms with Crippen molar-refractivity contribution in [1.29, 1.82) is 0 Å². The molecule has 0 spiro atoms. The first-order valence-corrected chi connectivity index (χ1v) is 8.75. The lowest BCUT2D eigenvalue weighted by Crippen LogP contribution is -2.57. The lowest BCUT2D eigenvalue weighted by atomic mass is 9.65. The van der Waals surface area contributed by atoms with Crippen molar-refractivity contribution < 1.29 is 23.5 Å². The average Bonchev–Trinajstić information content (AvgIpc) is 3.03. The maximum Gasteiger partial charge on any atom is 0.278 e. The van der Waals surface area contributed by atoms with Crippen molar-refractivity contribution in [2.24, 2.45) is 11.1 Å². The molecule has 0 bridgehead atoms. The molecule has 9 heteroatoms. The number of carbonyl (C=O) groups excluding carboxylic acids is 2. The number of ether oxygens (including phenoxy) is 2. The molecule has 0 unspecified atom stereocenters. The van der Waals surface area contributed by atoms with Gasteiger partial charge in [0.1, 0.15) is 5.41 Å². The first-order valence-electron chi connectivity index (χ1n) is 7.87. The van der Waals surface area contributed by atoms with Gasteiger partial charge in [0, 0.05) is 30.4 Å². The van der Waals surface area contributed by atoms with Crippen LogP contribution in [0.3, 0.4) is 0 Å². The molecule has 138 valence electrons. The van der Waals surface area contributed by atoms with Crippen LogP contribution in [-0.4, -0.2) is 30.0 Å². The number of carbonyl (C=O) groups is 2. The van der Waals surface area contributed by atoms with E-state index >= 15 is 0 Å². The van der Waals surface area contributed by atoms with Crippen LogP contribution in [0, 0.1) is 18.2 Å². The fourth-order valence-corrected chi connectivity index (χ4v) is 3.41. The number of hydrogen-bond donors (Lipinski definition) is 2. The van der Waals surface area contributed by atoms with Gasteiger partial charge in [-0.1, -0.05) is 11.3 Å². The van der Waals surface area contributed by atoms with E-state index in [1.807, 2.05) is 0 Å². The molecule has 1 aliphatic rings. The molecule has 1 fully saturated rings. The number of anilines is 1. The minimum Gasteiger partial charge on any atom is -0.427 e. The summed E-state index contributed by atoms with van der Waals surface area (Å²) in [5.41, 5.74) is 4.78. The Morgan fingerprint density at radius 2 is 2.15 bits per heavy atom. The number of thiazole rings is 1. The zero-order valence-corrected chi connectivity index (χ0v) is 15.1. The summed E-state index contributed by atoms with van der Waals surface area (Å²) in [6, 6.07) is 2.69. The lowest BCUT2D eigenvalue weighted by molar-refractivity contribution is -0.154. The molecule has 2 amide bonds. The third-order valence-corrected chi connectivity index (χ3v) is 5.13. The van der Waals surface area contributed by atoms with Gasteiger partial charge in [-0.05, 0) is 31.4 Å². The van der Waals surface area contributed by atoms with Crippen LogP contribution in [0.5, 0.6) is 10.9 Å². The second kappa shape index (κ2) is 7.00. The van der Waals surface area contributed by atoms with Crippen LogP contribution in [0.1, 0.15) is 18.4 Å². The van der Waals surface area contributed by atoms with Crippen molar-refractivity contribution in [3.63, 3.8) is 0 Å². The molecule has 0 radical (unpaired) electrons. The van der Waals surface area contributed by atoms with Gasteiger partial charge in [-0.3, -0.25) is 9.59 Å². The molecule has 0 saturated heterocycles. The molecular weight excluding hydrogens is 361 g/mol. The zero-order valence-electron chi connectivity index (χ0n) is 14.2. The summed E-state index contributed by atoms with van der Waals surface area (Å²) >= 11 is 1.24. The van der Waals surface area contributed by atoms with Gasteiger partial charge in [-0.25, -0.2) is 9.37 Å². The number of aromatic nitrogens is 1. The normalized spacial score (nSPS) is 21.7. The highest BCUT2D eigenvalue weighted by atomic mass is 32.1. The number of primary amides is 1. The Kier molecular flexibility index (Phi) is 4.92. The summed E-state index contributed by atoms with van der Waals surface area (Å²) in [7, 11) is 1.51. The molecule has 26 heavy (non-hydrogen) atoms. The number of hydrogen-bond acceptors (Lipinski definition) is 6. The number of rotatable bonds is 6. The van der Waals surface area contributed by atoms with E-state index in [0.29, 0.717) is 10.8 Å². The van der Waals surface area contributed by atoms with E-state index in [1.54, 1.807) is 24.6 Å². The number of halogens is 1. The summed E-state index contributed by atoms with van der Waals surface area (Å²) in [4.78, 5) is 28.3. The number of nitrogens with zero attached hydrogens (tertiary/aromatic N) is 1.